The van der Waals surface area contributed by atoms with Gasteiger partial charge in [-0.15, -0.1) is 0 Å². The van der Waals surface area contributed by atoms with Crippen molar-refractivity contribution in [2.45, 2.75) is 44.8 Å². The molecule has 2 fully saturated rings. The summed E-state index contributed by atoms with van der Waals surface area (Å²) in [5.74, 6) is 0.265. The Morgan fingerprint density at radius 3 is 2.67 bits per heavy atom. The number of para-hydroxylation sites is 1. The molecule has 1 amide bonds. The number of β-amino-alcohol motifs (C(OH)–C–C–N with tert-alkyl or cyclic N) is 1. The maximum absolute atomic E-state index is 15.6. The van der Waals surface area contributed by atoms with Crippen LogP contribution >= 0.6 is 0 Å². The van der Waals surface area contributed by atoms with Gasteiger partial charge in [0, 0.05) is 23.7 Å². The van der Waals surface area contributed by atoms with E-state index in [1.54, 1.807) is 39.9 Å². The van der Waals surface area contributed by atoms with Gasteiger partial charge in [-0.3, -0.25) is 9.69 Å². The SMILES string of the molecule is CC(C)(/C=C(/C#N)C(=O)N1CCC[C@H]1Cn1nc(-c2ccc(Oc3ccccc3)cc2F)c2c(N)ncnc21)N1CC[OH+]CC1. The van der Waals surface area contributed by atoms with E-state index < -0.39 is 11.4 Å². The van der Waals surface area contributed by atoms with Crippen LogP contribution in [0.3, 0.4) is 0 Å². The lowest BCUT2D eigenvalue weighted by atomic mass is 9.97. The third kappa shape index (κ3) is 6.22. The number of aromatic nitrogens is 4. The van der Waals surface area contributed by atoms with Gasteiger partial charge in [-0.1, -0.05) is 18.2 Å². The number of likely N-dealkylation sites (tertiary alicyclic amines) is 1. The van der Waals surface area contributed by atoms with Crippen molar-refractivity contribution in [1.82, 2.24) is 29.5 Å². The molecule has 1 atom stereocenters. The highest BCUT2D eigenvalue weighted by Crippen LogP contribution is 2.35. The van der Waals surface area contributed by atoms with E-state index in [-0.39, 0.29) is 28.9 Å². The highest BCUT2D eigenvalue weighted by Gasteiger charge is 2.35. The number of fused-ring (bicyclic) bond motifs is 1. The maximum Gasteiger partial charge on any atom is 0.264 e. The van der Waals surface area contributed by atoms with Crippen LogP contribution in [0.25, 0.3) is 22.3 Å². The van der Waals surface area contributed by atoms with Crippen LogP contribution < -0.4 is 10.5 Å². The largest absolute Gasteiger partial charge is 0.457 e. The van der Waals surface area contributed by atoms with Gasteiger partial charge in [0.1, 0.15) is 46.8 Å². The molecule has 0 aliphatic carbocycles. The number of nitriles is 1. The number of morpholine rings is 1. The van der Waals surface area contributed by atoms with Gasteiger partial charge in [-0.05, 0) is 57.0 Å². The molecular weight excluding hydrogens is 575 g/mol. The first-order chi connectivity index (χ1) is 21.7. The van der Waals surface area contributed by atoms with Crippen LogP contribution in [0, 0.1) is 17.1 Å². The van der Waals surface area contributed by atoms with Gasteiger partial charge in [0.05, 0.1) is 31.1 Å². The second-order valence-electron chi connectivity index (χ2n) is 11.8. The summed E-state index contributed by atoms with van der Waals surface area (Å²) < 4.78 is 27.4. The lowest BCUT2D eigenvalue weighted by molar-refractivity contribution is -0.127. The summed E-state index contributed by atoms with van der Waals surface area (Å²) >= 11 is 0. The van der Waals surface area contributed by atoms with Crippen LogP contribution in [0.4, 0.5) is 10.2 Å². The van der Waals surface area contributed by atoms with Crippen molar-refractivity contribution in [3.63, 3.8) is 0 Å². The molecule has 0 spiro atoms. The minimum absolute atomic E-state index is 0.117. The Labute approximate surface area is 260 Å². The van der Waals surface area contributed by atoms with Crippen molar-refractivity contribution >= 4 is 22.8 Å². The zero-order chi connectivity index (χ0) is 31.6. The Bertz CT molecular complexity index is 1780. The van der Waals surface area contributed by atoms with Gasteiger partial charge in [-0.25, -0.2) is 19.0 Å². The van der Waals surface area contributed by atoms with Crippen LogP contribution in [0.5, 0.6) is 11.5 Å². The number of benzene rings is 2. The standard InChI is InChI=1S/C33H35FN8O3/c1-33(2,40-13-15-44-16-14-40)18-22(19-35)32(43)41-12-6-7-23(41)20-42-31-28(30(36)37-21-38-31)29(39-42)26-11-10-25(17-27(26)34)45-24-8-4-3-5-9-24/h3-5,8-11,17-18,21,23H,6-7,12-16,20H2,1-2H3,(H2,36,37,38)/p+1/b22-18-/t23-/m0/s1. The number of amides is 1. The summed E-state index contributed by atoms with van der Waals surface area (Å²) in [6.45, 7) is 7.90. The Hall–Kier alpha value is -4.86. The third-order valence-electron chi connectivity index (χ3n) is 8.47. The zero-order valence-corrected chi connectivity index (χ0v) is 25.4. The molecule has 6 rings (SSSR count). The van der Waals surface area contributed by atoms with Gasteiger partial charge >= 0.3 is 0 Å². The molecule has 2 aromatic carbocycles. The number of rotatable bonds is 8. The van der Waals surface area contributed by atoms with Crippen molar-refractivity contribution in [2.24, 2.45) is 0 Å². The number of nitrogens with zero attached hydrogens (tertiary/aromatic N) is 7. The second kappa shape index (κ2) is 12.6. The first kappa shape index (κ1) is 30.2. The summed E-state index contributed by atoms with van der Waals surface area (Å²) in [7, 11) is 0. The average Bonchev–Trinajstić information content (AvgIpc) is 3.66. The van der Waals surface area contributed by atoms with E-state index in [9.17, 15) is 10.1 Å². The number of hydrogen-bond donors (Lipinski definition) is 1. The number of halogens is 1. The summed E-state index contributed by atoms with van der Waals surface area (Å²) in [6, 6.07) is 15.6. The summed E-state index contributed by atoms with van der Waals surface area (Å²) in [4.78, 5) is 26.3. The molecule has 0 bridgehead atoms. The normalized spacial score (nSPS) is 17.9. The average molecular weight is 612 g/mol. The zero-order valence-electron chi connectivity index (χ0n) is 25.4. The number of hydrogen-bond acceptors (Lipinski definition) is 8. The van der Waals surface area contributed by atoms with Gasteiger partial charge in [0.2, 0.25) is 0 Å². The van der Waals surface area contributed by atoms with E-state index in [0.29, 0.717) is 41.3 Å². The third-order valence-corrected chi connectivity index (χ3v) is 8.47. The quantitative estimate of drug-likeness (QED) is 0.179. The van der Waals surface area contributed by atoms with Crippen molar-refractivity contribution in [1.29, 1.82) is 5.26 Å². The molecule has 2 aliphatic heterocycles. The van der Waals surface area contributed by atoms with E-state index in [4.69, 9.17) is 15.6 Å². The van der Waals surface area contributed by atoms with E-state index in [1.807, 2.05) is 32.0 Å². The van der Waals surface area contributed by atoms with E-state index in [2.05, 4.69) is 25.7 Å². The number of nitrogens with two attached hydrogens (primary N) is 1. The lowest BCUT2D eigenvalue weighted by Gasteiger charge is -2.37. The molecule has 4 heterocycles. The van der Waals surface area contributed by atoms with E-state index in [1.165, 1.54) is 12.4 Å². The van der Waals surface area contributed by atoms with Gasteiger partial charge in [0.25, 0.3) is 5.91 Å². The molecule has 0 radical (unpaired) electrons. The summed E-state index contributed by atoms with van der Waals surface area (Å²) in [5, 5.41) is 15.2. The van der Waals surface area contributed by atoms with Crippen LogP contribution in [0.15, 0.2) is 66.5 Å². The molecule has 45 heavy (non-hydrogen) atoms. The Balaban J connectivity index is 1.28. The topological polar surface area (TPSA) is 139 Å². The first-order valence-corrected chi connectivity index (χ1v) is 15.1. The lowest BCUT2D eigenvalue weighted by Crippen LogP contribution is -2.50. The van der Waals surface area contributed by atoms with Crippen molar-refractivity contribution in [3.8, 4) is 28.8 Å². The number of anilines is 1. The summed E-state index contributed by atoms with van der Waals surface area (Å²) in [5.41, 5.74) is 6.89. The maximum atomic E-state index is 15.6. The number of ether oxygens (including phenoxy) is 2. The minimum atomic E-state index is -0.537. The Kier molecular flexibility index (Phi) is 8.47. The van der Waals surface area contributed by atoms with Gasteiger partial charge in [-0.2, -0.15) is 10.4 Å². The smallest absolute Gasteiger partial charge is 0.264 e. The van der Waals surface area contributed by atoms with Crippen LogP contribution in [-0.2, 0) is 11.3 Å². The fourth-order valence-corrected chi connectivity index (χ4v) is 6.14. The van der Waals surface area contributed by atoms with Gasteiger partial charge < -0.3 is 20.1 Å². The molecule has 11 nitrogen and oxygen atoms in total. The van der Waals surface area contributed by atoms with E-state index >= 15 is 4.39 Å². The van der Waals surface area contributed by atoms with Crippen molar-refractivity contribution in [2.75, 3.05) is 38.6 Å². The van der Waals surface area contributed by atoms with Crippen LogP contribution in [0.1, 0.15) is 26.7 Å². The number of carbonyl (C=O) groups is 1. The minimum Gasteiger partial charge on any atom is -0.457 e. The highest BCUT2D eigenvalue weighted by molar-refractivity contribution is 5.99. The summed E-state index contributed by atoms with van der Waals surface area (Å²) in [6.07, 6.45) is 4.63. The Morgan fingerprint density at radius 2 is 1.93 bits per heavy atom. The molecule has 2 aromatic heterocycles. The Morgan fingerprint density at radius 1 is 1.16 bits per heavy atom. The van der Waals surface area contributed by atoms with Crippen molar-refractivity contribution in [3.05, 3.63) is 72.3 Å². The predicted octanol–water partition coefficient (Wildman–Crippen LogP) is 4.07. The second-order valence-corrected chi connectivity index (χ2v) is 11.8. The fourth-order valence-electron chi connectivity index (χ4n) is 6.14. The molecular formula is C33H36FN8O3+. The number of aliphatic hydroxyl groups is 2. The van der Waals surface area contributed by atoms with E-state index in [0.717, 1.165) is 39.1 Å². The molecule has 12 heteroatoms. The predicted molar refractivity (Wildman–Crippen MR) is 168 cm³/mol. The monoisotopic (exact) mass is 611 g/mol. The van der Waals surface area contributed by atoms with Crippen molar-refractivity contribution < 1.29 is 18.7 Å². The molecule has 0 saturated carbocycles. The van der Waals surface area contributed by atoms with Gasteiger partial charge in [0.15, 0.2) is 18.9 Å². The molecule has 4 aromatic rings. The number of nitrogen functional groups attached to an aromatic ring is 1. The molecule has 2 saturated heterocycles. The number of carbonyl (C=O) groups excluding carboxylic acids is 1. The molecule has 232 valence electrons. The van der Waals surface area contributed by atoms with Crippen LogP contribution in [-0.4, -0.2) is 84.6 Å². The molecule has 0 unspecified atom stereocenters. The fraction of sp³-hybridized carbons (Fsp3) is 0.364. The first-order valence-electron chi connectivity index (χ1n) is 15.1. The highest BCUT2D eigenvalue weighted by atomic mass is 19.1. The molecule has 2 aliphatic rings. The van der Waals surface area contributed by atoms with Crippen LogP contribution in [0.2, 0.25) is 0 Å². The molecule has 3 N–H and O–H groups in total.